The maximum absolute atomic E-state index is 11.7. The Morgan fingerprint density at radius 2 is 1.04 bits per heavy atom. The Morgan fingerprint density at radius 3 is 1.40 bits per heavy atom. The van der Waals surface area contributed by atoms with Crippen LogP contribution in [0.4, 0.5) is 0 Å². The van der Waals surface area contributed by atoms with Gasteiger partial charge in [0.2, 0.25) is 5.91 Å². The molecule has 12 nitrogen and oxygen atoms in total. The minimum absolute atomic E-state index is 0.0563. The number of carbonyl (C=O) groups excluding carboxylic acids is 1. The monoisotopic (exact) mass is 363 g/mol. The number of amides is 1. The minimum atomic E-state index is -1.24. The lowest BCUT2D eigenvalue weighted by atomic mass is 10.3. The normalized spacial score (nSPS) is 10.6. The quantitative estimate of drug-likeness (QED) is 0.218. The van der Waals surface area contributed by atoms with Crippen molar-refractivity contribution in [2.24, 2.45) is 0 Å². The van der Waals surface area contributed by atoms with Gasteiger partial charge in [0.1, 0.15) is 0 Å². The molecule has 0 aliphatic heterocycles. The molecule has 0 atom stereocenters. The predicted octanol–water partition coefficient (Wildman–Crippen LogP) is -2.56. The van der Waals surface area contributed by atoms with Crippen LogP contribution in [0.25, 0.3) is 0 Å². The molecule has 25 heavy (non-hydrogen) atoms. The van der Waals surface area contributed by atoms with E-state index in [1.54, 1.807) is 0 Å². The third kappa shape index (κ3) is 13.4. The molecule has 0 aliphatic carbocycles. The first-order valence-corrected chi connectivity index (χ1v) is 7.18. The van der Waals surface area contributed by atoms with Gasteiger partial charge in [-0.3, -0.25) is 33.8 Å². The van der Waals surface area contributed by atoms with E-state index in [0.29, 0.717) is 0 Å². The van der Waals surface area contributed by atoms with Gasteiger partial charge in [0.25, 0.3) is 0 Å². The van der Waals surface area contributed by atoms with E-state index in [0.717, 1.165) is 4.90 Å². The van der Waals surface area contributed by atoms with Crippen molar-refractivity contribution < 1.29 is 44.4 Å². The van der Waals surface area contributed by atoms with E-state index >= 15 is 0 Å². The topological polar surface area (TPSA) is 185 Å². The van der Waals surface area contributed by atoms with Crippen LogP contribution in [0.1, 0.15) is 6.42 Å². The number of nitrogens with zero attached hydrogens (tertiary/aromatic N) is 2. The molecule has 0 rings (SSSR count). The van der Waals surface area contributed by atoms with Crippen LogP contribution in [0.15, 0.2) is 0 Å². The van der Waals surface area contributed by atoms with Crippen molar-refractivity contribution >= 4 is 29.8 Å². The van der Waals surface area contributed by atoms with E-state index in [1.165, 1.54) is 4.90 Å². The van der Waals surface area contributed by atoms with E-state index in [4.69, 9.17) is 20.4 Å². The summed E-state index contributed by atoms with van der Waals surface area (Å²) in [6.07, 6.45) is -0.282. The number of hydrogen-bond donors (Lipinski definition) is 5. The van der Waals surface area contributed by atoms with Gasteiger partial charge >= 0.3 is 23.9 Å². The summed E-state index contributed by atoms with van der Waals surface area (Å²) in [5.41, 5.74) is 0. The van der Waals surface area contributed by atoms with Gasteiger partial charge in [-0.15, -0.1) is 0 Å². The third-order valence-electron chi connectivity index (χ3n) is 2.84. The molecular formula is C13H21N3O9. The number of aliphatic carboxylic acids is 4. The number of nitrogens with one attached hydrogen (secondary N) is 1. The summed E-state index contributed by atoms with van der Waals surface area (Å²) >= 11 is 0. The standard InChI is InChI=1S/C13H21N3O9/c17-9(14-2-1-10(18)19)5-15(6-11(20)21)3-4-16(7-12(22)23)8-13(24)25/h1-8H2,(H,14,17)(H,18,19)(H,20,21)(H,22,23)(H,24,25). The van der Waals surface area contributed by atoms with E-state index < -0.39 is 49.4 Å². The first-order chi connectivity index (χ1) is 11.6. The fraction of sp³-hybridized carbons (Fsp3) is 0.615. The lowest BCUT2D eigenvalue weighted by molar-refractivity contribution is -0.143. The van der Waals surface area contributed by atoms with Gasteiger partial charge in [0.05, 0.1) is 32.6 Å². The summed E-state index contributed by atoms with van der Waals surface area (Å²) in [7, 11) is 0. The highest BCUT2D eigenvalue weighted by molar-refractivity contribution is 5.79. The number of hydrogen-bond acceptors (Lipinski definition) is 7. The first-order valence-electron chi connectivity index (χ1n) is 7.18. The third-order valence-corrected chi connectivity index (χ3v) is 2.84. The van der Waals surface area contributed by atoms with Crippen LogP contribution in [0.2, 0.25) is 0 Å². The molecular weight excluding hydrogens is 342 g/mol. The molecule has 0 saturated carbocycles. The SMILES string of the molecule is O=C(O)CCNC(=O)CN(CCN(CC(=O)O)CC(=O)O)CC(=O)O. The average Bonchev–Trinajstić information content (AvgIpc) is 2.42. The van der Waals surface area contributed by atoms with E-state index in [2.05, 4.69) is 5.32 Å². The second kappa shape index (κ2) is 11.8. The summed E-state index contributed by atoms with van der Waals surface area (Å²) in [4.78, 5) is 56.6. The minimum Gasteiger partial charge on any atom is -0.481 e. The smallest absolute Gasteiger partial charge is 0.317 e. The van der Waals surface area contributed by atoms with Gasteiger partial charge in [-0.05, 0) is 0 Å². The van der Waals surface area contributed by atoms with Crippen LogP contribution in [0.3, 0.4) is 0 Å². The highest BCUT2D eigenvalue weighted by Gasteiger charge is 2.18. The molecule has 1 amide bonds. The molecule has 0 unspecified atom stereocenters. The van der Waals surface area contributed by atoms with Gasteiger partial charge in [0, 0.05) is 19.6 Å². The highest BCUT2D eigenvalue weighted by atomic mass is 16.4. The van der Waals surface area contributed by atoms with Crippen LogP contribution in [0.5, 0.6) is 0 Å². The Kier molecular flexibility index (Phi) is 10.5. The molecule has 5 N–H and O–H groups in total. The van der Waals surface area contributed by atoms with Crippen molar-refractivity contribution in [2.75, 3.05) is 45.8 Å². The number of carboxylic acid groups (broad SMARTS) is 4. The molecule has 12 heteroatoms. The summed E-state index contributed by atoms with van der Waals surface area (Å²) in [6.45, 7) is -2.19. The van der Waals surface area contributed by atoms with Gasteiger partial charge in [-0.25, -0.2) is 0 Å². The Balaban J connectivity index is 4.59. The zero-order valence-corrected chi connectivity index (χ0v) is 13.4. The van der Waals surface area contributed by atoms with E-state index in [-0.39, 0.29) is 32.6 Å². The lowest BCUT2D eigenvalue weighted by Crippen LogP contribution is -2.45. The molecule has 142 valence electrons. The summed E-state index contributed by atoms with van der Waals surface area (Å²) in [6, 6.07) is 0. The van der Waals surface area contributed by atoms with Gasteiger partial charge in [-0.1, -0.05) is 0 Å². The van der Waals surface area contributed by atoms with Crippen molar-refractivity contribution in [1.29, 1.82) is 0 Å². The Morgan fingerprint density at radius 1 is 0.640 bits per heavy atom. The Labute approximate surface area is 142 Å². The molecule has 0 fully saturated rings. The Bertz CT molecular complexity index is 493. The zero-order chi connectivity index (χ0) is 19.4. The number of rotatable bonds is 14. The maximum Gasteiger partial charge on any atom is 0.317 e. The van der Waals surface area contributed by atoms with Crippen LogP contribution < -0.4 is 5.32 Å². The van der Waals surface area contributed by atoms with Gasteiger partial charge in [0.15, 0.2) is 0 Å². The van der Waals surface area contributed by atoms with Crippen molar-refractivity contribution in [3.05, 3.63) is 0 Å². The molecule has 0 aliphatic rings. The summed E-state index contributed by atoms with van der Waals surface area (Å²) in [5, 5.41) is 37.1. The van der Waals surface area contributed by atoms with E-state index in [9.17, 15) is 24.0 Å². The van der Waals surface area contributed by atoms with Crippen molar-refractivity contribution in [2.45, 2.75) is 6.42 Å². The fourth-order valence-corrected chi connectivity index (χ4v) is 1.85. The fourth-order valence-electron chi connectivity index (χ4n) is 1.85. The van der Waals surface area contributed by atoms with Crippen molar-refractivity contribution in [3.63, 3.8) is 0 Å². The van der Waals surface area contributed by atoms with Crippen molar-refractivity contribution in [1.82, 2.24) is 15.1 Å². The molecule has 0 bridgehead atoms. The molecule has 0 spiro atoms. The highest BCUT2D eigenvalue weighted by Crippen LogP contribution is 1.94. The summed E-state index contributed by atoms with van der Waals surface area (Å²) < 4.78 is 0. The van der Waals surface area contributed by atoms with Crippen LogP contribution in [0, 0.1) is 0 Å². The van der Waals surface area contributed by atoms with Crippen LogP contribution in [-0.4, -0.2) is 106 Å². The number of carboxylic acids is 4. The van der Waals surface area contributed by atoms with Crippen LogP contribution in [-0.2, 0) is 24.0 Å². The molecule has 0 aromatic carbocycles. The van der Waals surface area contributed by atoms with Crippen molar-refractivity contribution in [3.8, 4) is 0 Å². The van der Waals surface area contributed by atoms with Crippen LogP contribution >= 0.6 is 0 Å². The molecule has 0 aromatic rings. The Hall–Kier alpha value is -2.73. The zero-order valence-electron chi connectivity index (χ0n) is 13.4. The molecule has 0 saturated heterocycles. The molecule has 0 radical (unpaired) electrons. The number of carbonyl (C=O) groups is 5. The van der Waals surface area contributed by atoms with Gasteiger partial charge < -0.3 is 25.7 Å². The second-order valence-corrected chi connectivity index (χ2v) is 5.10. The molecule has 0 heterocycles. The van der Waals surface area contributed by atoms with E-state index in [1.807, 2.05) is 0 Å². The van der Waals surface area contributed by atoms with Gasteiger partial charge in [-0.2, -0.15) is 0 Å². The first kappa shape index (κ1) is 22.3. The average molecular weight is 363 g/mol. The summed E-state index contributed by atoms with van der Waals surface area (Å²) in [5.74, 6) is -5.39. The largest absolute Gasteiger partial charge is 0.481 e. The second-order valence-electron chi connectivity index (χ2n) is 5.10. The lowest BCUT2D eigenvalue weighted by Gasteiger charge is -2.24. The molecule has 0 aromatic heterocycles. The maximum atomic E-state index is 11.7. The predicted molar refractivity (Wildman–Crippen MR) is 81.0 cm³/mol.